The summed E-state index contributed by atoms with van der Waals surface area (Å²) in [4.78, 5) is 13.6. The molecule has 0 atom stereocenters. The van der Waals surface area contributed by atoms with Gasteiger partial charge in [0, 0.05) is 5.69 Å². The Kier molecular flexibility index (Phi) is 6.92. The van der Waals surface area contributed by atoms with Crippen LogP contribution in [0.3, 0.4) is 0 Å². The summed E-state index contributed by atoms with van der Waals surface area (Å²) in [6, 6.07) is 19.6. The number of methoxy groups -OCH3 is 1. The molecule has 0 unspecified atom stereocenters. The molecule has 2 aromatic heterocycles. The molecule has 0 fully saturated rings. The van der Waals surface area contributed by atoms with Crippen molar-refractivity contribution in [2.45, 2.75) is 24.9 Å². The van der Waals surface area contributed by atoms with E-state index in [0.717, 1.165) is 22.1 Å². The second-order valence-corrected chi connectivity index (χ2v) is 9.29. The van der Waals surface area contributed by atoms with Gasteiger partial charge in [0.1, 0.15) is 5.75 Å². The van der Waals surface area contributed by atoms with E-state index in [2.05, 4.69) is 29.4 Å². The Morgan fingerprint density at radius 3 is 2.56 bits per heavy atom. The minimum atomic E-state index is -0.0976. The number of aromatic nitrogens is 3. The van der Waals surface area contributed by atoms with E-state index >= 15 is 0 Å². The first-order valence-corrected chi connectivity index (χ1v) is 12.1. The molecule has 8 heteroatoms. The summed E-state index contributed by atoms with van der Waals surface area (Å²) < 4.78 is 7.51. The third-order valence-electron chi connectivity index (χ3n) is 4.89. The zero-order chi connectivity index (χ0) is 22.5. The summed E-state index contributed by atoms with van der Waals surface area (Å²) in [5.41, 5.74) is 2.85. The number of hydrogen-bond donors (Lipinski definition) is 1. The van der Waals surface area contributed by atoms with E-state index in [1.54, 1.807) is 18.4 Å². The van der Waals surface area contributed by atoms with Crippen molar-refractivity contribution < 1.29 is 9.53 Å². The summed E-state index contributed by atoms with van der Waals surface area (Å²) in [5.74, 6) is 2.00. The van der Waals surface area contributed by atoms with Gasteiger partial charge in [-0.25, -0.2) is 0 Å². The highest BCUT2D eigenvalue weighted by Crippen LogP contribution is 2.34. The van der Waals surface area contributed by atoms with Crippen LogP contribution in [0.5, 0.6) is 5.75 Å². The van der Waals surface area contributed by atoms with Gasteiger partial charge in [-0.1, -0.05) is 55.9 Å². The van der Waals surface area contributed by atoms with Crippen molar-refractivity contribution in [3.8, 4) is 22.1 Å². The second kappa shape index (κ2) is 10.0. The highest BCUT2D eigenvalue weighted by Gasteiger charge is 2.20. The fourth-order valence-electron chi connectivity index (χ4n) is 3.24. The number of thioether (sulfide) groups is 1. The predicted octanol–water partition coefficient (Wildman–Crippen LogP) is 5.86. The van der Waals surface area contributed by atoms with Crippen LogP contribution >= 0.6 is 23.1 Å². The fourth-order valence-corrected chi connectivity index (χ4v) is 4.68. The average molecular weight is 465 g/mol. The fraction of sp³-hybridized carbons (Fsp3) is 0.208. The number of para-hydroxylation sites is 2. The lowest BCUT2D eigenvalue weighted by molar-refractivity contribution is -0.113. The van der Waals surface area contributed by atoms with Crippen LogP contribution in [-0.4, -0.2) is 33.5 Å². The van der Waals surface area contributed by atoms with E-state index in [0.29, 0.717) is 16.8 Å². The number of carbonyl (C=O) groups excluding carboxylic acids is 1. The highest BCUT2D eigenvalue weighted by molar-refractivity contribution is 7.99. The Morgan fingerprint density at radius 2 is 1.88 bits per heavy atom. The SMILES string of the molecule is COc1ccccc1-n1c(SCC(=O)Nc2ccc(C(C)C)cc2)nnc1-c1cccs1. The molecule has 0 radical (unpaired) electrons. The maximum absolute atomic E-state index is 12.6. The molecule has 164 valence electrons. The molecular weight excluding hydrogens is 440 g/mol. The molecule has 0 bridgehead atoms. The lowest BCUT2D eigenvalue weighted by atomic mass is 10.0. The molecule has 6 nitrogen and oxygen atoms in total. The molecule has 0 aliphatic rings. The zero-order valence-corrected chi connectivity index (χ0v) is 19.7. The van der Waals surface area contributed by atoms with E-state index in [-0.39, 0.29) is 11.7 Å². The quantitative estimate of drug-likeness (QED) is 0.331. The Hall–Kier alpha value is -3.10. The smallest absolute Gasteiger partial charge is 0.234 e. The Bertz CT molecular complexity index is 1190. The third-order valence-corrected chi connectivity index (χ3v) is 6.69. The summed E-state index contributed by atoms with van der Waals surface area (Å²) in [6.07, 6.45) is 0. The molecule has 1 amide bonds. The van der Waals surface area contributed by atoms with Crippen molar-refractivity contribution in [1.29, 1.82) is 0 Å². The molecule has 0 aliphatic carbocycles. The second-order valence-electron chi connectivity index (χ2n) is 7.40. The number of thiophene rings is 1. The van der Waals surface area contributed by atoms with Gasteiger partial charge in [-0.2, -0.15) is 0 Å². The standard InChI is InChI=1S/C24H24N4O2S2/c1-16(2)17-10-12-18(13-11-17)25-22(29)15-32-24-27-26-23(21-9-6-14-31-21)28(24)19-7-4-5-8-20(19)30-3/h4-14,16H,15H2,1-3H3,(H,25,29). The van der Waals surface area contributed by atoms with E-state index < -0.39 is 0 Å². The maximum Gasteiger partial charge on any atom is 0.234 e. The van der Waals surface area contributed by atoms with Gasteiger partial charge in [-0.15, -0.1) is 21.5 Å². The van der Waals surface area contributed by atoms with Gasteiger partial charge in [0.2, 0.25) is 5.91 Å². The maximum atomic E-state index is 12.6. The summed E-state index contributed by atoms with van der Waals surface area (Å²) in [6.45, 7) is 4.29. The molecule has 4 aromatic rings. The Balaban J connectivity index is 1.55. The largest absolute Gasteiger partial charge is 0.495 e. The summed E-state index contributed by atoms with van der Waals surface area (Å²) in [7, 11) is 1.64. The summed E-state index contributed by atoms with van der Waals surface area (Å²) in [5, 5.41) is 14.4. The molecule has 0 saturated carbocycles. The number of rotatable bonds is 8. The minimum Gasteiger partial charge on any atom is -0.495 e. The molecular formula is C24H24N4O2S2. The minimum absolute atomic E-state index is 0.0976. The van der Waals surface area contributed by atoms with Crippen LogP contribution in [0, 0.1) is 0 Å². The number of nitrogens with zero attached hydrogens (tertiary/aromatic N) is 3. The van der Waals surface area contributed by atoms with Crippen LogP contribution in [-0.2, 0) is 4.79 Å². The van der Waals surface area contributed by atoms with Crippen molar-refractivity contribution in [1.82, 2.24) is 14.8 Å². The molecule has 0 spiro atoms. The number of carbonyl (C=O) groups is 1. The van der Waals surface area contributed by atoms with Gasteiger partial charge < -0.3 is 10.1 Å². The van der Waals surface area contributed by atoms with Gasteiger partial charge >= 0.3 is 0 Å². The van der Waals surface area contributed by atoms with Crippen molar-refractivity contribution >= 4 is 34.7 Å². The van der Waals surface area contributed by atoms with E-state index in [9.17, 15) is 4.79 Å². The third kappa shape index (κ3) is 4.87. The monoisotopic (exact) mass is 464 g/mol. The Labute approximate surface area is 195 Å². The molecule has 32 heavy (non-hydrogen) atoms. The molecule has 0 aliphatic heterocycles. The molecule has 2 aromatic carbocycles. The van der Waals surface area contributed by atoms with E-state index in [1.807, 2.05) is 70.6 Å². The topological polar surface area (TPSA) is 69.0 Å². The first kappa shape index (κ1) is 22.1. The van der Waals surface area contributed by atoms with Crippen LogP contribution in [0.2, 0.25) is 0 Å². The number of benzene rings is 2. The average Bonchev–Trinajstić information content (AvgIpc) is 3.48. The molecule has 2 heterocycles. The molecule has 0 saturated heterocycles. The van der Waals surface area contributed by atoms with Crippen LogP contribution in [0.4, 0.5) is 5.69 Å². The number of hydrogen-bond acceptors (Lipinski definition) is 6. The lowest BCUT2D eigenvalue weighted by Crippen LogP contribution is -2.14. The number of amides is 1. The van der Waals surface area contributed by atoms with Crippen molar-refractivity contribution in [3.63, 3.8) is 0 Å². The molecule has 1 N–H and O–H groups in total. The van der Waals surface area contributed by atoms with Crippen LogP contribution in [0.1, 0.15) is 25.3 Å². The van der Waals surface area contributed by atoms with Crippen molar-refractivity contribution in [3.05, 3.63) is 71.6 Å². The van der Waals surface area contributed by atoms with Crippen LogP contribution in [0.25, 0.3) is 16.4 Å². The van der Waals surface area contributed by atoms with Crippen LogP contribution < -0.4 is 10.1 Å². The van der Waals surface area contributed by atoms with E-state index in [1.165, 1.54) is 17.3 Å². The predicted molar refractivity (Wildman–Crippen MR) is 131 cm³/mol. The zero-order valence-electron chi connectivity index (χ0n) is 18.1. The lowest BCUT2D eigenvalue weighted by Gasteiger charge is -2.13. The van der Waals surface area contributed by atoms with Crippen LogP contribution in [0.15, 0.2) is 71.2 Å². The summed E-state index contributed by atoms with van der Waals surface area (Å²) >= 11 is 2.93. The van der Waals surface area contributed by atoms with Gasteiger partial charge in [-0.3, -0.25) is 9.36 Å². The highest BCUT2D eigenvalue weighted by atomic mass is 32.2. The van der Waals surface area contributed by atoms with Gasteiger partial charge in [-0.05, 0) is 47.2 Å². The van der Waals surface area contributed by atoms with Gasteiger partial charge in [0.05, 0.1) is 23.4 Å². The van der Waals surface area contributed by atoms with Gasteiger partial charge in [0.25, 0.3) is 0 Å². The van der Waals surface area contributed by atoms with Gasteiger partial charge in [0.15, 0.2) is 11.0 Å². The van der Waals surface area contributed by atoms with E-state index in [4.69, 9.17) is 4.74 Å². The van der Waals surface area contributed by atoms with Crippen molar-refractivity contribution in [2.24, 2.45) is 0 Å². The van der Waals surface area contributed by atoms with Crippen molar-refractivity contribution in [2.75, 3.05) is 18.2 Å². The first-order valence-electron chi connectivity index (χ1n) is 10.2. The first-order chi connectivity index (χ1) is 15.6. The number of nitrogens with one attached hydrogen (secondary N) is 1. The number of anilines is 1. The normalized spacial score (nSPS) is 11.0. The number of ether oxygens (including phenoxy) is 1. The Morgan fingerprint density at radius 1 is 1.09 bits per heavy atom. The molecule has 4 rings (SSSR count).